The number of carbonyl (C=O) groups is 6. The van der Waals surface area contributed by atoms with E-state index in [1.54, 1.807) is 0 Å². The third-order valence-corrected chi connectivity index (χ3v) is 3.57. The maximum absolute atomic E-state index is 12.3. The zero-order valence-corrected chi connectivity index (χ0v) is 15.7. The number of primary amides is 1. The van der Waals surface area contributed by atoms with E-state index in [0.717, 1.165) is 0 Å². The van der Waals surface area contributed by atoms with Gasteiger partial charge in [0, 0.05) is 0 Å². The van der Waals surface area contributed by atoms with Crippen molar-refractivity contribution in [1.82, 2.24) is 16.0 Å². The molecule has 14 nitrogen and oxygen atoms in total. The van der Waals surface area contributed by atoms with Gasteiger partial charge in [-0.15, -0.1) is 0 Å². The second-order valence-electron chi connectivity index (χ2n) is 6.23. The summed E-state index contributed by atoms with van der Waals surface area (Å²) in [4.78, 5) is 68.6. The van der Waals surface area contributed by atoms with Crippen molar-refractivity contribution in [3.05, 3.63) is 0 Å². The van der Waals surface area contributed by atoms with Gasteiger partial charge < -0.3 is 42.7 Å². The van der Waals surface area contributed by atoms with Crippen LogP contribution in [0.15, 0.2) is 0 Å². The summed E-state index contributed by atoms with van der Waals surface area (Å²) in [5.74, 6) is -6.87. The van der Waals surface area contributed by atoms with Crippen molar-refractivity contribution >= 4 is 35.6 Å². The number of carbonyl (C=O) groups excluding carboxylic acids is 4. The Kier molecular flexibility index (Phi) is 10.3. The highest BCUT2D eigenvalue weighted by atomic mass is 16.4. The lowest BCUT2D eigenvalue weighted by Crippen LogP contribution is -2.59. The van der Waals surface area contributed by atoms with Crippen molar-refractivity contribution in [2.75, 3.05) is 0 Å². The normalized spacial score (nSPS) is 15.7. The zero-order chi connectivity index (χ0) is 22.9. The smallest absolute Gasteiger partial charge is 0.326 e. The number of hydrogen-bond acceptors (Lipinski definition) is 8. The monoisotopic (exact) mass is 419 g/mol. The number of nitrogens with two attached hydrogens (primary N) is 2. The van der Waals surface area contributed by atoms with E-state index in [2.05, 4.69) is 10.6 Å². The molecular weight excluding hydrogens is 394 g/mol. The van der Waals surface area contributed by atoms with E-state index < -0.39 is 78.7 Å². The quantitative estimate of drug-likeness (QED) is 0.151. The minimum atomic E-state index is -1.72. The number of nitrogens with one attached hydrogen (secondary N) is 3. The standard InChI is InChI=1S/C15H25N5O9/c1-5(12(25)19-8(15(28)29)4-10(23)24)18-14(27)11(6(2)21)20-13(26)7(16)3-9(17)22/h5-8,11,21H,3-4,16H2,1-2H3,(H2,17,22)(H,18,27)(H,19,25)(H,20,26)(H,23,24)(H,28,29). The minimum absolute atomic E-state index is 0.501. The van der Waals surface area contributed by atoms with Crippen LogP contribution in [0.1, 0.15) is 26.7 Å². The van der Waals surface area contributed by atoms with Crippen molar-refractivity contribution in [2.24, 2.45) is 11.5 Å². The molecule has 5 atom stereocenters. The van der Waals surface area contributed by atoms with Gasteiger partial charge in [0.1, 0.15) is 18.1 Å². The topological polar surface area (TPSA) is 251 Å². The number of rotatable bonds is 12. The Labute approximate surface area is 165 Å². The van der Waals surface area contributed by atoms with Gasteiger partial charge in [-0.1, -0.05) is 0 Å². The number of carboxylic acid groups (broad SMARTS) is 2. The molecule has 0 spiro atoms. The van der Waals surface area contributed by atoms with E-state index in [9.17, 15) is 33.9 Å². The van der Waals surface area contributed by atoms with Crippen LogP contribution in [0.3, 0.4) is 0 Å². The SMILES string of the molecule is CC(NC(=O)C(NC(=O)C(N)CC(N)=O)C(C)O)C(=O)NC(CC(=O)O)C(=O)O. The van der Waals surface area contributed by atoms with Crippen LogP contribution < -0.4 is 27.4 Å². The molecular formula is C15H25N5O9. The van der Waals surface area contributed by atoms with Gasteiger partial charge in [-0.25, -0.2) is 4.79 Å². The molecule has 0 aliphatic rings. The fraction of sp³-hybridized carbons (Fsp3) is 0.600. The zero-order valence-electron chi connectivity index (χ0n) is 15.7. The van der Waals surface area contributed by atoms with Gasteiger partial charge in [0.25, 0.3) is 0 Å². The first kappa shape index (κ1) is 25.7. The molecule has 0 radical (unpaired) electrons. The van der Waals surface area contributed by atoms with E-state index in [4.69, 9.17) is 21.7 Å². The van der Waals surface area contributed by atoms with E-state index in [0.29, 0.717) is 0 Å². The number of amides is 4. The van der Waals surface area contributed by atoms with Crippen LogP contribution in [0.25, 0.3) is 0 Å². The Morgan fingerprint density at radius 3 is 1.83 bits per heavy atom. The van der Waals surface area contributed by atoms with Gasteiger partial charge in [-0.05, 0) is 13.8 Å². The number of aliphatic carboxylic acids is 2. The first-order valence-electron chi connectivity index (χ1n) is 8.33. The van der Waals surface area contributed by atoms with Gasteiger partial charge in [-0.3, -0.25) is 24.0 Å². The average molecular weight is 419 g/mol. The second-order valence-corrected chi connectivity index (χ2v) is 6.23. The van der Waals surface area contributed by atoms with E-state index in [-0.39, 0.29) is 0 Å². The summed E-state index contributed by atoms with van der Waals surface area (Å²) in [7, 11) is 0. The van der Waals surface area contributed by atoms with Crippen LogP contribution in [0.2, 0.25) is 0 Å². The van der Waals surface area contributed by atoms with Crippen LogP contribution in [-0.4, -0.2) is 81.2 Å². The summed E-state index contributed by atoms with van der Waals surface area (Å²) < 4.78 is 0. The molecule has 4 amide bonds. The third kappa shape index (κ3) is 9.48. The lowest BCUT2D eigenvalue weighted by molar-refractivity contribution is -0.147. The number of aliphatic hydroxyl groups is 1. The van der Waals surface area contributed by atoms with Gasteiger partial charge in [0.2, 0.25) is 23.6 Å². The van der Waals surface area contributed by atoms with E-state index in [1.807, 2.05) is 5.32 Å². The Morgan fingerprint density at radius 1 is 0.862 bits per heavy atom. The van der Waals surface area contributed by atoms with Crippen LogP contribution in [-0.2, 0) is 28.8 Å². The predicted octanol–water partition coefficient (Wildman–Crippen LogP) is -4.40. The summed E-state index contributed by atoms with van der Waals surface area (Å²) in [6.07, 6.45) is -2.81. The molecule has 0 aliphatic carbocycles. The molecule has 0 saturated carbocycles. The molecule has 0 fully saturated rings. The first-order valence-corrected chi connectivity index (χ1v) is 8.33. The molecule has 0 aromatic rings. The minimum Gasteiger partial charge on any atom is -0.481 e. The molecule has 0 heterocycles. The maximum Gasteiger partial charge on any atom is 0.326 e. The Balaban J connectivity index is 5.02. The fourth-order valence-electron chi connectivity index (χ4n) is 2.02. The largest absolute Gasteiger partial charge is 0.481 e. The fourth-order valence-corrected chi connectivity index (χ4v) is 2.02. The maximum atomic E-state index is 12.3. The number of carboxylic acids is 2. The van der Waals surface area contributed by atoms with E-state index >= 15 is 0 Å². The van der Waals surface area contributed by atoms with Gasteiger partial charge in [0.15, 0.2) is 0 Å². The van der Waals surface area contributed by atoms with Crippen LogP contribution in [0, 0.1) is 0 Å². The molecule has 10 N–H and O–H groups in total. The highest BCUT2D eigenvalue weighted by Crippen LogP contribution is 1.99. The molecule has 29 heavy (non-hydrogen) atoms. The molecule has 164 valence electrons. The van der Waals surface area contributed by atoms with Crippen molar-refractivity contribution in [2.45, 2.75) is 57.0 Å². The third-order valence-electron chi connectivity index (χ3n) is 3.57. The van der Waals surface area contributed by atoms with Crippen molar-refractivity contribution in [1.29, 1.82) is 0 Å². The molecule has 0 aromatic heterocycles. The highest BCUT2D eigenvalue weighted by molar-refractivity contribution is 5.95. The molecule has 0 aromatic carbocycles. The molecule has 14 heteroatoms. The summed E-state index contributed by atoms with van der Waals surface area (Å²) in [5, 5.41) is 33.5. The van der Waals surface area contributed by atoms with Gasteiger partial charge in [-0.2, -0.15) is 0 Å². The van der Waals surface area contributed by atoms with E-state index in [1.165, 1.54) is 13.8 Å². The molecule has 0 rings (SSSR count). The Hall–Kier alpha value is -3.26. The summed E-state index contributed by atoms with van der Waals surface area (Å²) >= 11 is 0. The second kappa shape index (κ2) is 11.6. The molecule has 0 saturated heterocycles. The van der Waals surface area contributed by atoms with Gasteiger partial charge >= 0.3 is 11.9 Å². The summed E-state index contributed by atoms with van der Waals surface area (Å²) in [5.41, 5.74) is 10.4. The van der Waals surface area contributed by atoms with Crippen LogP contribution in [0.4, 0.5) is 0 Å². The molecule has 0 bridgehead atoms. The van der Waals surface area contributed by atoms with Crippen LogP contribution >= 0.6 is 0 Å². The number of aliphatic hydroxyl groups excluding tert-OH is 1. The van der Waals surface area contributed by atoms with Crippen molar-refractivity contribution < 1.29 is 44.1 Å². The number of hydrogen-bond donors (Lipinski definition) is 8. The predicted molar refractivity (Wildman–Crippen MR) is 94.8 cm³/mol. The Bertz CT molecular complexity index is 667. The summed E-state index contributed by atoms with van der Waals surface area (Å²) in [6.45, 7) is 2.34. The molecule has 0 aliphatic heterocycles. The van der Waals surface area contributed by atoms with Crippen molar-refractivity contribution in [3.8, 4) is 0 Å². The van der Waals surface area contributed by atoms with Crippen LogP contribution in [0.5, 0.6) is 0 Å². The Morgan fingerprint density at radius 2 is 1.41 bits per heavy atom. The lowest BCUT2D eigenvalue weighted by atomic mass is 10.1. The summed E-state index contributed by atoms with van der Waals surface area (Å²) in [6, 6.07) is -5.98. The first-order chi connectivity index (χ1) is 13.3. The molecule has 5 unspecified atom stereocenters. The average Bonchev–Trinajstić information content (AvgIpc) is 2.56. The lowest BCUT2D eigenvalue weighted by Gasteiger charge is -2.24. The van der Waals surface area contributed by atoms with Crippen molar-refractivity contribution in [3.63, 3.8) is 0 Å². The highest BCUT2D eigenvalue weighted by Gasteiger charge is 2.31. The van der Waals surface area contributed by atoms with Gasteiger partial charge in [0.05, 0.1) is 25.0 Å².